The van der Waals surface area contributed by atoms with Gasteiger partial charge in [0.15, 0.2) is 0 Å². The Hall–Kier alpha value is -2.53. The minimum absolute atomic E-state index is 0.114. The van der Waals surface area contributed by atoms with E-state index in [2.05, 4.69) is 16.0 Å². The van der Waals surface area contributed by atoms with Crippen LogP contribution in [0, 0.1) is 19.8 Å². The van der Waals surface area contributed by atoms with Gasteiger partial charge in [-0.05, 0) is 81.8 Å². The molecule has 4 rings (SSSR count). The number of nitrogens with zero attached hydrogens (tertiary/aromatic N) is 2. The lowest BCUT2D eigenvalue weighted by atomic mass is 10.1. The maximum Gasteiger partial charge on any atom is 0.223 e. The lowest BCUT2D eigenvalue weighted by Gasteiger charge is -2.16. The number of hydrogen-bond acceptors (Lipinski definition) is 3. The second-order valence-corrected chi connectivity index (χ2v) is 8.92. The molecule has 0 aliphatic heterocycles. The number of hydrogen-bond donors (Lipinski definition) is 1. The second-order valence-electron chi connectivity index (χ2n) is 8.54. The molecule has 31 heavy (non-hydrogen) atoms. The zero-order valence-electron chi connectivity index (χ0n) is 18.5. The van der Waals surface area contributed by atoms with Crippen LogP contribution in [0.1, 0.15) is 55.6 Å². The first-order valence-corrected chi connectivity index (χ1v) is 11.5. The SMILES string of the molecule is Cc1cc(OCCCCn2c(C(C)NC(=O)C3CC3)nc3ccccc32)cc(C)c1Cl. The van der Waals surface area contributed by atoms with Gasteiger partial charge in [0.1, 0.15) is 11.6 Å². The lowest BCUT2D eigenvalue weighted by Crippen LogP contribution is -2.29. The molecule has 1 unspecified atom stereocenters. The van der Waals surface area contributed by atoms with E-state index < -0.39 is 0 Å². The molecule has 3 aromatic rings. The van der Waals surface area contributed by atoms with E-state index >= 15 is 0 Å². The first-order chi connectivity index (χ1) is 14.9. The molecule has 1 heterocycles. The number of aryl methyl sites for hydroxylation is 3. The third-order valence-electron chi connectivity index (χ3n) is 5.83. The fourth-order valence-corrected chi connectivity index (χ4v) is 4.06. The fraction of sp³-hybridized carbons (Fsp3) is 0.440. The standard InChI is InChI=1S/C25H30ClN3O2/c1-16-14-20(15-17(2)23(16)26)31-13-7-6-12-29-22-9-5-4-8-21(22)28-24(29)18(3)27-25(30)19-10-11-19/h4-5,8-9,14-15,18-19H,6-7,10-13H2,1-3H3,(H,27,30). The predicted molar refractivity (Wildman–Crippen MR) is 125 cm³/mol. The van der Waals surface area contributed by atoms with Crippen molar-refractivity contribution in [3.05, 3.63) is 58.4 Å². The molecule has 0 bridgehead atoms. The van der Waals surface area contributed by atoms with Gasteiger partial charge in [-0.25, -0.2) is 4.98 Å². The number of nitrogens with one attached hydrogen (secondary N) is 1. The number of carbonyl (C=O) groups is 1. The van der Waals surface area contributed by atoms with Crippen molar-refractivity contribution in [1.82, 2.24) is 14.9 Å². The van der Waals surface area contributed by atoms with E-state index in [1.807, 2.05) is 51.1 Å². The number of carbonyl (C=O) groups excluding carboxylic acids is 1. The molecule has 164 valence electrons. The number of ether oxygens (including phenoxy) is 1. The zero-order chi connectivity index (χ0) is 22.0. The van der Waals surface area contributed by atoms with Gasteiger partial charge in [0.25, 0.3) is 0 Å². The molecule has 0 spiro atoms. The van der Waals surface area contributed by atoms with Crippen molar-refractivity contribution in [1.29, 1.82) is 0 Å². The molecular formula is C25H30ClN3O2. The second kappa shape index (κ2) is 9.31. The number of halogens is 1. The number of aromatic nitrogens is 2. The molecule has 1 atom stereocenters. The van der Waals surface area contributed by atoms with E-state index in [-0.39, 0.29) is 17.9 Å². The van der Waals surface area contributed by atoms with Gasteiger partial charge in [0.2, 0.25) is 5.91 Å². The summed E-state index contributed by atoms with van der Waals surface area (Å²) in [6, 6.07) is 12.0. The van der Waals surface area contributed by atoms with Crippen LogP contribution in [-0.2, 0) is 11.3 Å². The molecule has 1 aromatic heterocycles. The van der Waals surface area contributed by atoms with Gasteiger partial charge in [-0.15, -0.1) is 0 Å². The summed E-state index contributed by atoms with van der Waals surface area (Å²) in [6.07, 6.45) is 3.89. The summed E-state index contributed by atoms with van der Waals surface area (Å²) < 4.78 is 8.19. The smallest absolute Gasteiger partial charge is 0.223 e. The molecular weight excluding hydrogens is 410 g/mol. The third-order valence-corrected chi connectivity index (χ3v) is 6.43. The van der Waals surface area contributed by atoms with E-state index in [4.69, 9.17) is 21.3 Å². The first kappa shape index (κ1) is 21.7. The molecule has 1 fully saturated rings. The lowest BCUT2D eigenvalue weighted by molar-refractivity contribution is -0.123. The monoisotopic (exact) mass is 439 g/mol. The van der Waals surface area contributed by atoms with E-state index in [9.17, 15) is 4.79 Å². The van der Waals surface area contributed by atoms with E-state index in [1.54, 1.807) is 0 Å². The van der Waals surface area contributed by atoms with Crippen LogP contribution in [0.5, 0.6) is 5.75 Å². The molecule has 6 heteroatoms. The Kier molecular flexibility index (Phi) is 6.51. The number of rotatable bonds is 9. The zero-order valence-corrected chi connectivity index (χ0v) is 19.2. The molecule has 1 saturated carbocycles. The summed E-state index contributed by atoms with van der Waals surface area (Å²) in [5.41, 5.74) is 4.14. The molecule has 2 aromatic carbocycles. The number of benzene rings is 2. The normalized spacial score (nSPS) is 14.6. The fourth-order valence-electron chi connectivity index (χ4n) is 3.95. The topological polar surface area (TPSA) is 56.1 Å². The Morgan fingerprint density at radius 2 is 1.94 bits per heavy atom. The highest BCUT2D eigenvalue weighted by atomic mass is 35.5. The van der Waals surface area contributed by atoms with Gasteiger partial charge in [-0.3, -0.25) is 4.79 Å². The van der Waals surface area contributed by atoms with Crippen molar-refractivity contribution >= 4 is 28.5 Å². The Bertz CT molecular complexity index is 1060. The molecule has 1 N–H and O–H groups in total. The van der Waals surface area contributed by atoms with Crippen LogP contribution in [0.15, 0.2) is 36.4 Å². The summed E-state index contributed by atoms with van der Waals surface area (Å²) in [5, 5.41) is 3.94. The van der Waals surface area contributed by atoms with Crippen LogP contribution in [0.4, 0.5) is 0 Å². The average molecular weight is 440 g/mol. The largest absolute Gasteiger partial charge is 0.494 e. The van der Waals surface area contributed by atoms with Crippen LogP contribution in [0.2, 0.25) is 5.02 Å². The molecule has 1 aliphatic rings. The van der Waals surface area contributed by atoms with Crippen LogP contribution in [0.25, 0.3) is 11.0 Å². The predicted octanol–water partition coefficient (Wildman–Crippen LogP) is 5.75. The van der Waals surface area contributed by atoms with Gasteiger partial charge < -0.3 is 14.6 Å². The number of para-hydroxylation sites is 2. The van der Waals surface area contributed by atoms with Crippen molar-refractivity contribution in [2.45, 2.75) is 59.0 Å². The quantitative estimate of drug-likeness (QED) is 0.431. The van der Waals surface area contributed by atoms with E-state index in [0.717, 1.165) is 71.0 Å². The van der Waals surface area contributed by atoms with Crippen LogP contribution >= 0.6 is 11.6 Å². The highest BCUT2D eigenvalue weighted by molar-refractivity contribution is 6.32. The molecule has 1 aliphatic carbocycles. The average Bonchev–Trinajstić information content (AvgIpc) is 3.53. The van der Waals surface area contributed by atoms with Gasteiger partial charge in [0.05, 0.1) is 23.7 Å². The Morgan fingerprint density at radius 3 is 2.65 bits per heavy atom. The van der Waals surface area contributed by atoms with Crippen molar-refractivity contribution in [2.75, 3.05) is 6.61 Å². The molecule has 5 nitrogen and oxygen atoms in total. The Balaban J connectivity index is 1.38. The first-order valence-electron chi connectivity index (χ1n) is 11.1. The highest BCUT2D eigenvalue weighted by Gasteiger charge is 2.31. The van der Waals surface area contributed by atoms with Crippen molar-refractivity contribution in [2.24, 2.45) is 5.92 Å². The number of amides is 1. The van der Waals surface area contributed by atoms with Crippen molar-refractivity contribution in [3.63, 3.8) is 0 Å². The van der Waals surface area contributed by atoms with Gasteiger partial charge >= 0.3 is 0 Å². The minimum atomic E-state index is -0.114. The molecule has 0 saturated heterocycles. The number of imidazole rings is 1. The van der Waals surface area contributed by atoms with E-state index in [0.29, 0.717) is 6.61 Å². The number of fused-ring (bicyclic) bond motifs is 1. The summed E-state index contributed by atoms with van der Waals surface area (Å²) in [7, 11) is 0. The minimum Gasteiger partial charge on any atom is -0.494 e. The van der Waals surface area contributed by atoms with Gasteiger partial charge in [-0.2, -0.15) is 0 Å². The Labute approximate surface area is 188 Å². The molecule has 1 amide bonds. The Morgan fingerprint density at radius 1 is 1.23 bits per heavy atom. The van der Waals surface area contributed by atoms with Crippen molar-refractivity contribution in [3.8, 4) is 5.75 Å². The maximum absolute atomic E-state index is 12.2. The van der Waals surface area contributed by atoms with E-state index in [1.165, 1.54) is 0 Å². The summed E-state index contributed by atoms with van der Waals surface area (Å²) in [4.78, 5) is 17.1. The maximum atomic E-state index is 12.2. The molecule has 0 radical (unpaired) electrons. The van der Waals surface area contributed by atoms with Crippen LogP contribution in [-0.4, -0.2) is 22.1 Å². The highest BCUT2D eigenvalue weighted by Crippen LogP contribution is 2.30. The van der Waals surface area contributed by atoms with Crippen molar-refractivity contribution < 1.29 is 9.53 Å². The van der Waals surface area contributed by atoms with Gasteiger partial charge in [0, 0.05) is 17.5 Å². The van der Waals surface area contributed by atoms with Crippen LogP contribution < -0.4 is 10.1 Å². The number of unbranched alkanes of at least 4 members (excludes halogenated alkanes) is 1. The summed E-state index contributed by atoms with van der Waals surface area (Å²) in [5.74, 6) is 2.12. The third kappa shape index (κ3) is 5.04. The van der Waals surface area contributed by atoms with Crippen LogP contribution in [0.3, 0.4) is 0 Å². The van der Waals surface area contributed by atoms with Gasteiger partial charge in [-0.1, -0.05) is 23.7 Å². The summed E-state index contributed by atoms with van der Waals surface area (Å²) >= 11 is 6.24. The summed E-state index contributed by atoms with van der Waals surface area (Å²) in [6.45, 7) is 7.50.